The molecule has 90 valence electrons. The molecule has 18 heavy (non-hydrogen) atoms. The molecule has 2 rings (SSSR count). The lowest BCUT2D eigenvalue weighted by Gasteiger charge is -2.04. The van der Waals surface area contributed by atoms with E-state index in [1.165, 1.54) is 0 Å². The summed E-state index contributed by atoms with van der Waals surface area (Å²) in [5.74, 6) is -0.957. The summed E-state index contributed by atoms with van der Waals surface area (Å²) in [6.07, 6.45) is 2.67. The van der Waals surface area contributed by atoms with E-state index in [2.05, 4.69) is 4.98 Å². The van der Waals surface area contributed by atoms with Gasteiger partial charge in [0, 0.05) is 17.3 Å². The smallest absolute Gasteiger partial charge is 0.328 e. The number of rotatable bonds is 3. The van der Waals surface area contributed by atoms with Crippen LogP contribution in [0.15, 0.2) is 48.5 Å². The quantitative estimate of drug-likeness (QED) is 0.837. The van der Waals surface area contributed by atoms with E-state index in [-0.39, 0.29) is 0 Å². The summed E-state index contributed by atoms with van der Waals surface area (Å²) < 4.78 is 0. The van der Waals surface area contributed by atoms with E-state index in [0.717, 1.165) is 28.6 Å². The Morgan fingerprint density at radius 2 is 1.89 bits per heavy atom. The minimum absolute atomic E-state index is 0.814. The predicted molar refractivity (Wildman–Crippen MR) is 71.1 cm³/mol. The Bertz CT molecular complexity index is 589. The van der Waals surface area contributed by atoms with Crippen LogP contribution in [-0.2, 0) is 4.79 Å². The molecule has 0 saturated carbocycles. The summed E-state index contributed by atoms with van der Waals surface area (Å²) in [6, 6.07) is 13.6. The van der Waals surface area contributed by atoms with E-state index in [1.807, 2.05) is 49.4 Å². The van der Waals surface area contributed by atoms with Gasteiger partial charge in [0.25, 0.3) is 0 Å². The average Bonchev–Trinajstić information content (AvgIpc) is 2.38. The number of aromatic nitrogens is 1. The third-order valence-corrected chi connectivity index (χ3v) is 2.60. The minimum atomic E-state index is -0.957. The highest BCUT2D eigenvalue weighted by Crippen LogP contribution is 2.19. The maximum atomic E-state index is 10.5. The fourth-order valence-corrected chi connectivity index (χ4v) is 1.68. The first kappa shape index (κ1) is 12.0. The van der Waals surface area contributed by atoms with Crippen molar-refractivity contribution in [2.75, 3.05) is 0 Å². The summed E-state index contributed by atoms with van der Waals surface area (Å²) in [4.78, 5) is 14.9. The molecule has 2 aromatic rings. The molecule has 3 heteroatoms. The number of carboxylic acid groups (broad SMARTS) is 1. The fraction of sp³-hybridized carbons (Fsp3) is 0.0667. The monoisotopic (exact) mass is 239 g/mol. The average molecular weight is 239 g/mol. The van der Waals surface area contributed by atoms with Crippen LogP contribution >= 0.6 is 0 Å². The lowest BCUT2D eigenvalue weighted by atomic mass is 10.1. The third-order valence-electron chi connectivity index (χ3n) is 2.60. The zero-order chi connectivity index (χ0) is 13.0. The first-order valence-corrected chi connectivity index (χ1v) is 5.61. The minimum Gasteiger partial charge on any atom is -0.478 e. The van der Waals surface area contributed by atoms with Gasteiger partial charge in [0.1, 0.15) is 0 Å². The zero-order valence-corrected chi connectivity index (χ0v) is 10.00. The Morgan fingerprint density at radius 3 is 2.50 bits per heavy atom. The highest BCUT2D eigenvalue weighted by molar-refractivity contribution is 5.85. The van der Waals surface area contributed by atoms with Crippen molar-refractivity contribution < 1.29 is 9.90 Å². The normalized spacial score (nSPS) is 10.7. The summed E-state index contributed by atoms with van der Waals surface area (Å²) in [5.41, 5.74) is 3.57. The first-order chi connectivity index (χ1) is 8.66. The van der Waals surface area contributed by atoms with Crippen molar-refractivity contribution in [3.05, 3.63) is 59.8 Å². The maximum absolute atomic E-state index is 10.5. The molecule has 0 radical (unpaired) electrons. The highest BCUT2D eigenvalue weighted by atomic mass is 16.4. The van der Waals surface area contributed by atoms with Crippen molar-refractivity contribution >= 4 is 12.0 Å². The van der Waals surface area contributed by atoms with Gasteiger partial charge in [0.2, 0.25) is 0 Å². The molecule has 0 unspecified atom stereocenters. The number of benzene rings is 1. The SMILES string of the molecule is Cc1nc(-c2ccccc2)ccc1/C=C/C(=O)O. The van der Waals surface area contributed by atoms with E-state index in [4.69, 9.17) is 5.11 Å². The van der Waals surface area contributed by atoms with Crippen LogP contribution in [0.25, 0.3) is 17.3 Å². The molecule has 0 aliphatic heterocycles. The highest BCUT2D eigenvalue weighted by Gasteiger charge is 2.01. The molecular formula is C15H13NO2. The first-order valence-electron chi connectivity index (χ1n) is 5.61. The lowest BCUT2D eigenvalue weighted by Crippen LogP contribution is -1.91. The van der Waals surface area contributed by atoms with Crippen LogP contribution in [0.3, 0.4) is 0 Å². The zero-order valence-electron chi connectivity index (χ0n) is 10.00. The summed E-state index contributed by atoms with van der Waals surface area (Å²) in [5, 5.41) is 8.59. The molecule has 1 heterocycles. The number of carboxylic acids is 1. The molecule has 0 spiro atoms. The van der Waals surface area contributed by atoms with Crippen LogP contribution in [0, 0.1) is 6.92 Å². The Hall–Kier alpha value is -2.42. The van der Waals surface area contributed by atoms with Crippen molar-refractivity contribution in [1.82, 2.24) is 4.98 Å². The number of pyridine rings is 1. The molecule has 0 saturated heterocycles. The van der Waals surface area contributed by atoms with Crippen molar-refractivity contribution in [3.63, 3.8) is 0 Å². The fourth-order valence-electron chi connectivity index (χ4n) is 1.68. The second-order valence-corrected chi connectivity index (χ2v) is 3.91. The van der Waals surface area contributed by atoms with E-state index in [9.17, 15) is 4.79 Å². The molecule has 1 aromatic carbocycles. The Kier molecular flexibility index (Phi) is 3.53. The van der Waals surface area contributed by atoms with E-state index in [0.29, 0.717) is 0 Å². The number of hydrogen-bond acceptors (Lipinski definition) is 2. The molecule has 1 aromatic heterocycles. The molecule has 0 aliphatic rings. The van der Waals surface area contributed by atoms with E-state index >= 15 is 0 Å². The maximum Gasteiger partial charge on any atom is 0.328 e. The van der Waals surface area contributed by atoms with Crippen LogP contribution in [0.2, 0.25) is 0 Å². The van der Waals surface area contributed by atoms with Crippen LogP contribution in [-0.4, -0.2) is 16.1 Å². The topological polar surface area (TPSA) is 50.2 Å². The largest absolute Gasteiger partial charge is 0.478 e. The van der Waals surface area contributed by atoms with Gasteiger partial charge in [-0.15, -0.1) is 0 Å². The van der Waals surface area contributed by atoms with E-state index in [1.54, 1.807) is 6.08 Å². The number of hydrogen-bond donors (Lipinski definition) is 1. The van der Waals surface area contributed by atoms with Gasteiger partial charge in [-0.3, -0.25) is 4.98 Å². The van der Waals surface area contributed by atoms with Gasteiger partial charge in [-0.05, 0) is 24.6 Å². The number of aliphatic carboxylic acids is 1. The van der Waals surface area contributed by atoms with Crippen molar-refractivity contribution in [3.8, 4) is 11.3 Å². The van der Waals surface area contributed by atoms with Gasteiger partial charge < -0.3 is 5.11 Å². The molecule has 0 bridgehead atoms. The molecule has 0 fully saturated rings. The number of aryl methyl sites for hydroxylation is 1. The van der Waals surface area contributed by atoms with Crippen molar-refractivity contribution in [1.29, 1.82) is 0 Å². The van der Waals surface area contributed by atoms with Crippen LogP contribution in [0.4, 0.5) is 0 Å². The third kappa shape index (κ3) is 2.83. The van der Waals surface area contributed by atoms with E-state index < -0.39 is 5.97 Å². The van der Waals surface area contributed by atoms with Crippen LogP contribution < -0.4 is 0 Å². The lowest BCUT2D eigenvalue weighted by molar-refractivity contribution is -0.131. The molecule has 3 nitrogen and oxygen atoms in total. The second-order valence-electron chi connectivity index (χ2n) is 3.91. The molecule has 0 atom stereocenters. The molecular weight excluding hydrogens is 226 g/mol. The van der Waals surface area contributed by atoms with Gasteiger partial charge in [-0.25, -0.2) is 4.79 Å². The summed E-state index contributed by atoms with van der Waals surface area (Å²) in [6.45, 7) is 1.87. The molecule has 0 amide bonds. The standard InChI is InChI=1S/C15H13NO2/c1-11-12(8-10-15(17)18)7-9-14(16-11)13-5-3-2-4-6-13/h2-10H,1H3,(H,17,18)/b10-8+. The summed E-state index contributed by atoms with van der Waals surface area (Å²) >= 11 is 0. The Morgan fingerprint density at radius 1 is 1.17 bits per heavy atom. The Balaban J connectivity index is 2.34. The Labute approximate surface area is 105 Å². The van der Waals surface area contributed by atoms with Gasteiger partial charge in [-0.2, -0.15) is 0 Å². The number of carbonyl (C=O) groups is 1. The number of nitrogens with zero attached hydrogens (tertiary/aromatic N) is 1. The van der Waals surface area contributed by atoms with Gasteiger partial charge >= 0.3 is 5.97 Å². The molecule has 1 N–H and O–H groups in total. The van der Waals surface area contributed by atoms with Gasteiger partial charge in [0.15, 0.2) is 0 Å². The summed E-state index contributed by atoms with van der Waals surface area (Å²) in [7, 11) is 0. The van der Waals surface area contributed by atoms with Crippen molar-refractivity contribution in [2.45, 2.75) is 6.92 Å². The van der Waals surface area contributed by atoms with Gasteiger partial charge in [0.05, 0.1) is 5.69 Å². The van der Waals surface area contributed by atoms with Crippen LogP contribution in [0.1, 0.15) is 11.3 Å². The molecule has 0 aliphatic carbocycles. The van der Waals surface area contributed by atoms with Gasteiger partial charge in [-0.1, -0.05) is 36.4 Å². The van der Waals surface area contributed by atoms with Crippen molar-refractivity contribution in [2.24, 2.45) is 0 Å². The predicted octanol–water partition coefficient (Wildman–Crippen LogP) is 3.15. The second kappa shape index (κ2) is 5.27. The van der Waals surface area contributed by atoms with Crippen LogP contribution in [0.5, 0.6) is 0 Å².